The number of benzene rings is 1. The number of hydrogen-bond donors (Lipinski definition) is 1. The summed E-state index contributed by atoms with van der Waals surface area (Å²) >= 11 is 0. The maximum Gasteiger partial charge on any atom is 0.278 e. The Morgan fingerprint density at radius 2 is 2.00 bits per heavy atom. The molecule has 1 amide bonds. The van der Waals surface area contributed by atoms with E-state index in [4.69, 9.17) is 18.9 Å². The van der Waals surface area contributed by atoms with Gasteiger partial charge in [-0.2, -0.15) is 10.4 Å². The first kappa shape index (κ1) is 21.7. The molecule has 0 spiro atoms. The first-order valence-electron chi connectivity index (χ1n) is 8.58. The van der Waals surface area contributed by atoms with Crippen LogP contribution in [0.25, 0.3) is 0 Å². The van der Waals surface area contributed by atoms with Crippen LogP contribution in [-0.4, -0.2) is 45.0 Å². The van der Waals surface area contributed by atoms with Crippen LogP contribution in [0.2, 0.25) is 0 Å². The van der Waals surface area contributed by atoms with Gasteiger partial charge in [-0.25, -0.2) is 10.4 Å². The Kier molecular flexibility index (Phi) is 7.94. The average Bonchev–Trinajstić information content (AvgIpc) is 2.72. The molecule has 0 fully saturated rings. The summed E-state index contributed by atoms with van der Waals surface area (Å²) in [5, 5.41) is 13.2. The number of pyridine rings is 1. The van der Waals surface area contributed by atoms with Gasteiger partial charge in [-0.3, -0.25) is 4.79 Å². The van der Waals surface area contributed by atoms with E-state index in [0.29, 0.717) is 28.3 Å². The predicted molar refractivity (Wildman–Crippen MR) is 105 cm³/mol. The van der Waals surface area contributed by atoms with Gasteiger partial charge in [0.1, 0.15) is 11.6 Å². The minimum Gasteiger partial charge on any atom is -0.493 e. The fraction of sp³-hybridized carbons (Fsp3) is 0.300. The number of hydrazone groups is 1. The number of carbonyl (C=O) groups is 1. The molecule has 0 radical (unpaired) electrons. The van der Waals surface area contributed by atoms with E-state index < -0.39 is 5.91 Å². The van der Waals surface area contributed by atoms with Gasteiger partial charge in [0.15, 0.2) is 18.1 Å². The van der Waals surface area contributed by atoms with E-state index in [1.807, 2.05) is 6.07 Å². The van der Waals surface area contributed by atoms with Crippen LogP contribution in [0.1, 0.15) is 22.4 Å². The molecule has 0 saturated carbocycles. The van der Waals surface area contributed by atoms with Crippen molar-refractivity contribution >= 4 is 12.1 Å². The van der Waals surface area contributed by atoms with Crippen molar-refractivity contribution in [3.05, 3.63) is 46.6 Å². The number of hydrogen-bond acceptors (Lipinski definition) is 8. The van der Waals surface area contributed by atoms with E-state index in [1.165, 1.54) is 20.4 Å². The molecule has 0 aliphatic heterocycles. The van der Waals surface area contributed by atoms with Gasteiger partial charge in [-0.1, -0.05) is 0 Å². The van der Waals surface area contributed by atoms with Gasteiger partial charge in [0.2, 0.25) is 5.88 Å². The highest BCUT2D eigenvalue weighted by atomic mass is 16.5. The van der Waals surface area contributed by atoms with Gasteiger partial charge in [-0.05, 0) is 36.8 Å². The predicted octanol–water partition coefficient (Wildman–Crippen LogP) is 1.95. The number of amides is 1. The van der Waals surface area contributed by atoms with Crippen molar-refractivity contribution in [2.45, 2.75) is 13.5 Å². The molecule has 1 N–H and O–H groups in total. The number of methoxy groups -OCH3 is 3. The molecule has 152 valence electrons. The van der Waals surface area contributed by atoms with E-state index in [0.717, 1.165) is 0 Å². The van der Waals surface area contributed by atoms with Crippen molar-refractivity contribution < 1.29 is 23.7 Å². The molecule has 1 aromatic heterocycles. The molecule has 29 heavy (non-hydrogen) atoms. The molecule has 1 heterocycles. The van der Waals surface area contributed by atoms with Crippen LogP contribution in [-0.2, 0) is 16.1 Å². The fourth-order valence-corrected chi connectivity index (χ4v) is 2.48. The second-order valence-electron chi connectivity index (χ2n) is 5.84. The maximum atomic E-state index is 12.0. The van der Waals surface area contributed by atoms with E-state index in [2.05, 4.69) is 15.5 Å². The SMILES string of the molecule is COCc1cc(C)nc(OCC(=O)N/N=C\c2ccc(OC)c(OC)c2)c1C#N. The summed E-state index contributed by atoms with van der Waals surface area (Å²) in [5.74, 6) is 0.724. The minimum atomic E-state index is -0.498. The zero-order valence-corrected chi connectivity index (χ0v) is 16.7. The number of nitrogens with one attached hydrogen (secondary N) is 1. The molecule has 0 saturated heterocycles. The third kappa shape index (κ3) is 5.92. The lowest BCUT2D eigenvalue weighted by Crippen LogP contribution is -2.25. The van der Waals surface area contributed by atoms with Gasteiger partial charge in [0, 0.05) is 18.4 Å². The molecular formula is C20H22N4O5. The van der Waals surface area contributed by atoms with Gasteiger partial charge in [0.25, 0.3) is 5.91 Å². The summed E-state index contributed by atoms with van der Waals surface area (Å²) in [4.78, 5) is 16.2. The Morgan fingerprint density at radius 3 is 2.66 bits per heavy atom. The molecule has 2 aromatic rings. The van der Waals surface area contributed by atoms with Crippen molar-refractivity contribution in [3.63, 3.8) is 0 Å². The van der Waals surface area contributed by atoms with Gasteiger partial charge in [0.05, 0.1) is 27.0 Å². The van der Waals surface area contributed by atoms with Gasteiger partial charge in [-0.15, -0.1) is 0 Å². The number of aryl methyl sites for hydroxylation is 1. The highest BCUT2D eigenvalue weighted by Gasteiger charge is 2.14. The molecule has 9 heteroatoms. The number of ether oxygens (including phenoxy) is 4. The van der Waals surface area contributed by atoms with E-state index >= 15 is 0 Å². The Balaban J connectivity index is 1.99. The fourth-order valence-electron chi connectivity index (χ4n) is 2.48. The van der Waals surface area contributed by atoms with E-state index in [1.54, 1.807) is 38.3 Å². The summed E-state index contributed by atoms with van der Waals surface area (Å²) < 4.78 is 20.9. The van der Waals surface area contributed by atoms with Crippen molar-refractivity contribution in [1.29, 1.82) is 5.26 Å². The second kappa shape index (κ2) is 10.6. The highest BCUT2D eigenvalue weighted by molar-refractivity contribution is 5.83. The van der Waals surface area contributed by atoms with Crippen LogP contribution in [0.3, 0.4) is 0 Å². The first-order valence-corrected chi connectivity index (χ1v) is 8.58. The maximum absolute atomic E-state index is 12.0. The third-order valence-corrected chi connectivity index (χ3v) is 3.76. The lowest BCUT2D eigenvalue weighted by atomic mass is 10.1. The van der Waals surface area contributed by atoms with Crippen LogP contribution in [0.15, 0.2) is 29.4 Å². The first-order chi connectivity index (χ1) is 14.0. The summed E-state index contributed by atoms with van der Waals surface area (Å²) in [6.45, 7) is 1.66. The van der Waals surface area contributed by atoms with Crippen molar-refractivity contribution in [3.8, 4) is 23.4 Å². The van der Waals surface area contributed by atoms with E-state index in [-0.39, 0.29) is 24.7 Å². The topological polar surface area (TPSA) is 115 Å². The molecule has 2 rings (SSSR count). The normalized spacial score (nSPS) is 10.4. The Bertz CT molecular complexity index is 937. The summed E-state index contributed by atoms with van der Waals surface area (Å²) in [7, 11) is 4.61. The third-order valence-electron chi connectivity index (χ3n) is 3.76. The Morgan fingerprint density at radius 1 is 1.24 bits per heavy atom. The van der Waals surface area contributed by atoms with Crippen molar-refractivity contribution in [2.24, 2.45) is 5.10 Å². The van der Waals surface area contributed by atoms with Gasteiger partial charge < -0.3 is 18.9 Å². The minimum absolute atomic E-state index is 0.0820. The standard InChI is InChI=1S/C20H22N4O5/c1-13-7-15(11-26-2)16(9-21)20(23-13)29-12-19(25)24-22-10-14-5-6-17(27-3)18(8-14)28-4/h5-8,10H,11-12H2,1-4H3,(H,24,25)/b22-10-. The quantitative estimate of drug-likeness (QED) is 0.507. The number of nitrogens with zero attached hydrogens (tertiary/aromatic N) is 3. The van der Waals surface area contributed by atoms with Crippen LogP contribution in [0.4, 0.5) is 0 Å². The molecule has 0 aliphatic carbocycles. The summed E-state index contributed by atoms with van der Waals surface area (Å²) in [6.07, 6.45) is 1.46. The largest absolute Gasteiger partial charge is 0.493 e. The lowest BCUT2D eigenvalue weighted by Gasteiger charge is -2.10. The average molecular weight is 398 g/mol. The second-order valence-corrected chi connectivity index (χ2v) is 5.84. The zero-order chi connectivity index (χ0) is 21.2. The summed E-state index contributed by atoms with van der Waals surface area (Å²) in [5.41, 5.74) is 4.59. The number of nitriles is 1. The molecule has 0 bridgehead atoms. The molecular weight excluding hydrogens is 376 g/mol. The molecule has 1 aromatic carbocycles. The lowest BCUT2D eigenvalue weighted by molar-refractivity contribution is -0.123. The number of carbonyl (C=O) groups excluding carboxylic acids is 1. The monoisotopic (exact) mass is 398 g/mol. The molecule has 9 nitrogen and oxygen atoms in total. The summed E-state index contributed by atoms with van der Waals surface area (Å²) in [6, 6.07) is 8.99. The van der Waals surface area contributed by atoms with Crippen LogP contribution in [0, 0.1) is 18.3 Å². The van der Waals surface area contributed by atoms with E-state index in [9.17, 15) is 10.1 Å². The van der Waals surface area contributed by atoms with Crippen LogP contribution < -0.4 is 19.6 Å². The van der Waals surface area contributed by atoms with Gasteiger partial charge >= 0.3 is 0 Å². The highest BCUT2D eigenvalue weighted by Crippen LogP contribution is 2.26. The smallest absolute Gasteiger partial charge is 0.278 e. The molecule has 0 unspecified atom stereocenters. The number of rotatable bonds is 9. The van der Waals surface area contributed by atoms with Crippen LogP contribution >= 0.6 is 0 Å². The van der Waals surface area contributed by atoms with Crippen molar-refractivity contribution in [2.75, 3.05) is 27.9 Å². The Labute approximate surface area is 168 Å². The number of aromatic nitrogens is 1. The molecule has 0 aliphatic rings. The van der Waals surface area contributed by atoms with Crippen LogP contribution in [0.5, 0.6) is 17.4 Å². The Hall–Kier alpha value is -3.64. The zero-order valence-electron chi connectivity index (χ0n) is 16.7. The molecule has 0 atom stereocenters. The van der Waals surface area contributed by atoms with Crippen molar-refractivity contribution in [1.82, 2.24) is 10.4 Å².